The third-order valence-corrected chi connectivity index (χ3v) is 11.7. The van der Waals surface area contributed by atoms with Crippen molar-refractivity contribution in [1.82, 2.24) is 15.0 Å². The lowest BCUT2D eigenvalue weighted by Gasteiger charge is -2.32. The second kappa shape index (κ2) is 12.3. The number of anilines is 3. The van der Waals surface area contributed by atoms with Crippen LogP contribution in [0.25, 0.3) is 0 Å². The zero-order valence-corrected chi connectivity index (χ0v) is 26.8. The Bertz CT molecular complexity index is 1670. The predicted molar refractivity (Wildman–Crippen MR) is 173 cm³/mol. The van der Waals surface area contributed by atoms with Crippen LogP contribution in [-0.4, -0.2) is 58.2 Å². The summed E-state index contributed by atoms with van der Waals surface area (Å²) in [5.74, 6) is -0.419. The molecule has 1 fully saturated rings. The average molecular weight is 626 g/mol. The summed E-state index contributed by atoms with van der Waals surface area (Å²) in [6.07, 6.45) is 3.22. The molecule has 2 aliphatic heterocycles. The van der Waals surface area contributed by atoms with Crippen molar-refractivity contribution in [3.63, 3.8) is 0 Å². The number of hydrogen-bond donors (Lipinski definition) is 2. The van der Waals surface area contributed by atoms with Crippen LogP contribution in [0.5, 0.6) is 0 Å². The number of ether oxygens (including phenoxy) is 1. The molecule has 11 heteroatoms. The van der Waals surface area contributed by atoms with E-state index in [1.54, 1.807) is 14.5 Å². The summed E-state index contributed by atoms with van der Waals surface area (Å²) >= 11 is 0. The molecule has 0 bridgehead atoms. The van der Waals surface area contributed by atoms with Crippen molar-refractivity contribution in [2.24, 2.45) is 5.92 Å². The van der Waals surface area contributed by atoms with Gasteiger partial charge in [-0.3, -0.25) is 19.2 Å². The Balaban J connectivity index is 1.31. The van der Waals surface area contributed by atoms with E-state index < -0.39 is 13.9 Å². The number of benzene rings is 3. The molecule has 1 aromatic heterocycles. The van der Waals surface area contributed by atoms with E-state index >= 15 is 0 Å². The van der Waals surface area contributed by atoms with Gasteiger partial charge >= 0.3 is 0 Å². The highest BCUT2D eigenvalue weighted by molar-refractivity contribution is 6.71. The summed E-state index contributed by atoms with van der Waals surface area (Å²) < 4.78 is 8.64. The monoisotopic (exact) mass is 625 g/mol. The third-order valence-electron chi connectivity index (χ3n) is 9.16. The molecule has 3 aromatic carbocycles. The van der Waals surface area contributed by atoms with E-state index in [1.165, 1.54) is 0 Å². The molecule has 0 saturated carbocycles. The number of fused-ring (bicyclic) bond motifs is 2. The van der Waals surface area contributed by atoms with Crippen molar-refractivity contribution in [2.75, 3.05) is 16.4 Å². The van der Waals surface area contributed by atoms with E-state index in [-0.39, 0.29) is 30.1 Å². The number of aliphatic hydroxyl groups excluding tert-OH is 1. The lowest BCUT2D eigenvalue weighted by molar-refractivity contribution is -0.146. The van der Waals surface area contributed by atoms with Gasteiger partial charge in [0.25, 0.3) is 5.91 Å². The Kier molecular flexibility index (Phi) is 8.44. The first kappa shape index (κ1) is 30.8. The van der Waals surface area contributed by atoms with E-state index in [2.05, 4.69) is 10.3 Å². The number of hydrogen-bond acceptors (Lipinski definition) is 7. The molecule has 0 aliphatic carbocycles. The SMILES string of the molecule is C[C@@H]1[C@@H]([Si](C)(C)O)[C@H](CCn2cc(CCO)nn2)O[C@@]12C(=O)N(Cc1cccc(N(C=O)c3ccccc3)c1)c1ccccc12. The molecule has 2 amide bonds. The van der Waals surface area contributed by atoms with Crippen LogP contribution in [0.15, 0.2) is 85.1 Å². The number of aryl methyl sites for hydroxylation is 1. The van der Waals surface area contributed by atoms with Crippen LogP contribution in [0.1, 0.15) is 30.2 Å². The highest BCUT2D eigenvalue weighted by Crippen LogP contribution is 2.59. The Labute approximate surface area is 264 Å². The van der Waals surface area contributed by atoms with Crippen LogP contribution in [0, 0.1) is 5.92 Å². The van der Waals surface area contributed by atoms with Crippen LogP contribution < -0.4 is 9.80 Å². The topological polar surface area (TPSA) is 121 Å². The maximum atomic E-state index is 14.7. The van der Waals surface area contributed by atoms with Gasteiger partial charge in [0.2, 0.25) is 6.41 Å². The Hall–Kier alpha value is -4.16. The molecule has 0 unspecified atom stereocenters. The van der Waals surface area contributed by atoms with Crippen molar-refractivity contribution in [1.29, 1.82) is 0 Å². The summed E-state index contributed by atoms with van der Waals surface area (Å²) in [5.41, 5.74) is 3.20. The smallest absolute Gasteiger partial charge is 0.264 e. The van der Waals surface area contributed by atoms with Gasteiger partial charge in [-0.15, -0.1) is 5.10 Å². The van der Waals surface area contributed by atoms with Gasteiger partial charge < -0.3 is 19.5 Å². The first-order valence-electron chi connectivity index (χ1n) is 15.4. The van der Waals surface area contributed by atoms with E-state index in [0.717, 1.165) is 28.9 Å². The van der Waals surface area contributed by atoms with Gasteiger partial charge in [0.15, 0.2) is 13.9 Å². The lowest BCUT2D eigenvalue weighted by Crippen LogP contribution is -2.46. The van der Waals surface area contributed by atoms with Crippen molar-refractivity contribution in [3.8, 4) is 0 Å². The zero-order chi connectivity index (χ0) is 31.8. The van der Waals surface area contributed by atoms with Crippen molar-refractivity contribution in [3.05, 3.63) is 102 Å². The highest BCUT2D eigenvalue weighted by Gasteiger charge is 2.66. The summed E-state index contributed by atoms with van der Waals surface area (Å²) in [6.45, 7) is 6.67. The minimum absolute atomic E-state index is 0.00151. The van der Waals surface area contributed by atoms with Gasteiger partial charge in [0, 0.05) is 54.2 Å². The van der Waals surface area contributed by atoms with Crippen LogP contribution in [0.2, 0.25) is 18.6 Å². The number of carbonyl (C=O) groups excluding carboxylic acids is 2. The largest absolute Gasteiger partial charge is 0.432 e. The molecule has 45 heavy (non-hydrogen) atoms. The van der Waals surface area contributed by atoms with Gasteiger partial charge in [-0.05, 0) is 55.4 Å². The fourth-order valence-corrected chi connectivity index (χ4v) is 9.84. The Morgan fingerprint density at radius 3 is 2.51 bits per heavy atom. The molecular weight excluding hydrogens is 586 g/mol. The normalized spacial score (nSPS) is 22.6. The Morgan fingerprint density at radius 1 is 1.04 bits per heavy atom. The van der Waals surface area contributed by atoms with Crippen LogP contribution in [-0.2, 0) is 39.4 Å². The molecule has 3 heterocycles. The maximum Gasteiger partial charge on any atom is 0.264 e. The van der Waals surface area contributed by atoms with Gasteiger partial charge in [-0.25, -0.2) is 0 Å². The van der Waals surface area contributed by atoms with Crippen molar-refractivity contribution < 1.29 is 24.2 Å². The molecule has 2 aliphatic rings. The van der Waals surface area contributed by atoms with Crippen molar-refractivity contribution >= 4 is 37.7 Å². The summed E-state index contributed by atoms with van der Waals surface area (Å²) in [7, 11) is -2.81. The minimum atomic E-state index is -2.81. The van der Waals surface area contributed by atoms with Crippen LogP contribution in [0.3, 0.4) is 0 Å². The number of aromatic nitrogens is 3. The van der Waals surface area contributed by atoms with Crippen LogP contribution in [0.4, 0.5) is 17.1 Å². The predicted octanol–water partition coefficient (Wildman–Crippen LogP) is 4.54. The van der Waals surface area contributed by atoms with E-state index in [0.29, 0.717) is 37.3 Å². The number of nitrogens with zero attached hydrogens (tertiary/aromatic N) is 5. The second-order valence-corrected chi connectivity index (χ2v) is 16.5. The van der Waals surface area contributed by atoms with E-state index in [4.69, 9.17) is 4.74 Å². The van der Waals surface area contributed by atoms with Gasteiger partial charge in [-0.1, -0.05) is 60.7 Å². The van der Waals surface area contributed by atoms with E-state index in [1.807, 2.05) is 105 Å². The fraction of sp³-hybridized carbons (Fsp3) is 0.353. The molecule has 10 nitrogen and oxygen atoms in total. The third kappa shape index (κ3) is 5.61. The Morgan fingerprint density at radius 2 is 1.78 bits per heavy atom. The molecule has 0 radical (unpaired) electrons. The quantitative estimate of drug-likeness (QED) is 0.185. The first-order valence-corrected chi connectivity index (χ1v) is 18.4. The van der Waals surface area contributed by atoms with Gasteiger partial charge in [0.1, 0.15) is 0 Å². The average Bonchev–Trinajstić information content (AvgIpc) is 3.67. The summed E-state index contributed by atoms with van der Waals surface area (Å²) in [5, 5.41) is 17.6. The lowest BCUT2D eigenvalue weighted by atomic mass is 9.82. The number of para-hydroxylation sites is 2. The van der Waals surface area contributed by atoms with Crippen LogP contribution >= 0.6 is 0 Å². The number of amides is 2. The molecule has 234 valence electrons. The number of aliphatic hydroxyl groups is 1. The van der Waals surface area contributed by atoms with E-state index in [9.17, 15) is 19.5 Å². The molecule has 2 N–H and O–H groups in total. The van der Waals surface area contributed by atoms with Gasteiger partial charge in [-0.2, -0.15) is 0 Å². The molecule has 4 atom stereocenters. The molecule has 1 saturated heterocycles. The molecular formula is C34H39N5O5Si. The second-order valence-electron chi connectivity index (χ2n) is 12.5. The first-order chi connectivity index (χ1) is 21.7. The number of carbonyl (C=O) groups is 2. The standard InChI is InChI=1S/C34H39N5O5Si/c1-24-32(45(2,3)43)31(16-18-37-22-26(17-19-40)35-36-37)44-34(24)29-14-7-8-15-30(29)38(33(34)42)21-25-10-9-13-28(20-25)39(23-41)27-11-5-4-6-12-27/h4-15,20,22-24,31-32,40,43H,16-19,21H2,1-3H3/t24-,31+,32-,34+/m1/s1. The summed E-state index contributed by atoms with van der Waals surface area (Å²) in [6, 6.07) is 24.8. The van der Waals surface area contributed by atoms with Gasteiger partial charge in [0.05, 0.1) is 24.0 Å². The minimum Gasteiger partial charge on any atom is -0.432 e. The summed E-state index contributed by atoms with van der Waals surface area (Å²) in [4.78, 5) is 41.7. The fourth-order valence-electron chi connectivity index (χ4n) is 7.24. The number of rotatable bonds is 11. The zero-order valence-electron chi connectivity index (χ0n) is 25.8. The molecule has 1 spiro atoms. The molecule has 6 rings (SSSR count). The maximum absolute atomic E-state index is 14.7. The molecule has 4 aromatic rings. The van der Waals surface area contributed by atoms with Crippen molar-refractivity contribution in [2.45, 2.75) is 63.2 Å². The highest BCUT2D eigenvalue weighted by atomic mass is 28.4.